The van der Waals surface area contributed by atoms with Crippen molar-refractivity contribution >= 4 is 39.2 Å². The van der Waals surface area contributed by atoms with Gasteiger partial charge >= 0.3 is 11.9 Å². The molecule has 0 spiro atoms. The highest BCUT2D eigenvalue weighted by molar-refractivity contribution is 7.20. The van der Waals surface area contributed by atoms with Gasteiger partial charge in [0.05, 0.1) is 24.7 Å². The van der Waals surface area contributed by atoms with E-state index in [0.717, 1.165) is 10.1 Å². The Morgan fingerprint density at radius 2 is 1.86 bits per heavy atom. The van der Waals surface area contributed by atoms with E-state index in [0.29, 0.717) is 21.8 Å². The van der Waals surface area contributed by atoms with Crippen LogP contribution < -0.4 is 10.5 Å². The Kier molecular flexibility index (Phi) is 5.60. The Morgan fingerprint density at radius 3 is 2.54 bits per heavy atom. The predicted molar refractivity (Wildman–Crippen MR) is 106 cm³/mol. The third kappa shape index (κ3) is 3.96. The van der Waals surface area contributed by atoms with Gasteiger partial charge in [-0.1, -0.05) is 12.1 Å². The van der Waals surface area contributed by atoms with Crippen LogP contribution in [0.5, 0.6) is 5.75 Å². The van der Waals surface area contributed by atoms with Gasteiger partial charge < -0.3 is 19.9 Å². The minimum Gasteiger partial charge on any atom is -0.474 e. The van der Waals surface area contributed by atoms with Crippen LogP contribution in [0.15, 0.2) is 48.5 Å². The summed E-state index contributed by atoms with van der Waals surface area (Å²) in [6, 6.07) is 13.6. The van der Waals surface area contributed by atoms with Crippen molar-refractivity contribution in [2.24, 2.45) is 5.73 Å². The number of carbonyl (C=O) groups excluding carboxylic acids is 2. The number of nitrogen functional groups attached to an aromatic ring is 1. The lowest BCUT2D eigenvalue weighted by Crippen LogP contribution is -2.20. The second kappa shape index (κ2) is 8.10. The first-order valence-corrected chi connectivity index (χ1v) is 9.05. The number of hydrogen-bond acceptors (Lipinski definition) is 7. The highest BCUT2D eigenvalue weighted by Gasteiger charge is 2.25. The van der Waals surface area contributed by atoms with Crippen LogP contribution in [0.25, 0.3) is 10.1 Å². The van der Waals surface area contributed by atoms with Gasteiger partial charge in [-0.25, -0.2) is 9.59 Å². The molecule has 28 heavy (non-hydrogen) atoms. The molecule has 0 aliphatic heterocycles. The third-order valence-electron chi connectivity index (χ3n) is 4.04. The summed E-state index contributed by atoms with van der Waals surface area (Å²) in [6.07, 6.45) is -1.06. The standard InChI is InChI=1S/C20H18N2O5S/c1-25-19(23)13-5-3-4-12(8-13)17(20(24)26-2)27-14-7-6-11-9-16(18(21)22)28-15(11)10-14/h3-10,17H,1-2H3,(H3,21,22). The number of thiophene rings is 1. The number of carbonyl (C=O) groups is 2. The average molecular weight is 398 g/mol. The molecule has 0 amide bonds. The number of amidine groups is 1. The van der Waals surface area contributed by atoms with E-state index in [1.165, 1.54) is 31.6 Å². The van der Waals surface area contributed by atoms with Gasteiger partial charge in [-0.15, -0.1) is 11.3 Å². The van der Waals surface area contributed by atoms with Crippen molar-refractivity contribution in [2.45, 2.75) is 6.10 Å². The van der Waals surface area contributed by atoms with E-state index < -0.39 is 18.0 Å². The van der Waals surface area contributed by atoms with Crippen molar-refractivity contribution in [2.75, 3.05) is 14.2 Å². The molecule has 1 unspecified atom stereocenters. The zero-order valence-corrected chi connectivity index (χ0v) is 16.0. The van der Waals surface area contributed by atoms with E-state index in [1.54, 1.807) is 30.3 Å². The molecular weight excluding hydrogens is 380 g/mol. The summed E-state index contributed by atoms with van der Waals surface area (Å²) in [4.78, 5) is 24.8. The summed E-state index contributed by atoms with van der Waals surface area (Å²) in [5.41, 5.74) is 6.31. The van der Waals surface area contributed by atoms with Gasteiger partial charge in [-0.2, -0.15) is 0 Å². The summed E-state index contributed by atoms with van der Waals surface area (Å²) in [6.45, 7) is 0. The number of benzene rings is 2. The van der Waals surface area contributed by atoms with Crippen LogP contribution in [-0.2, 0) is 14.3 Å². The zero-order chi connectivity index (χ0) is 20.3. The average Bonchev–Trinajstić information content (AvgIpc) is 3.14. The van der Waals surface area contributed by atoms with Gasteiger partial charge in [0.1, 0.15) is 11.6 Å². The van der Waals surface area contributed by atoms with Gasteiger partial charge in [0.15, 0.2) is 0 Å². The first kappa shape index (κ1) is 19.4. The summed E-state index contributed by atoms with van der Waals surface area (Å²) >= 11 is 1.36. The van der Waals surface area contributed by atoms with E-state index in [2.05, 4.69) is 0 Å². The molecule has 3 N–H and O–H groups in total. The number of esters is 2. The number of methoxy groups -OCH3 is 2. The van der Waals surface area contributed by atoms with Gasteiger partial charge in [0.2, 0.25) is 6.10 Å². The fraction of sp³-hybridized carbons (Fsp3) is 0.150. The molecule has 144 valence electrons. The molecule has 1 atom stereocenters. The number of nitrogens with two attached hydrogens (primary N) is 1. The molecule has 7 nitrogen and oxygen atoms in total. The Labute approximate surface area is 165 Å². The summed E-state index contributed by atoms with van der Waals surface area (Å²) < 4.78 is 16.4. The lowest BCUT2D eigenvalue weighted by atomic mass is 10.1. The molecule has 1 aromatic heterocycles. The molecule has 1 heterocycles. The van der Waals surface area contributed by atoms with Gasteiger partial charge in [0.25, 0.3) is 0 Å². The van der Waals surface area contributed by atoms with Crippen LogP contribution in [0.4, 0.5) is 0 Å². The van der Waals surface area contributed by atoms with E-state index in [4.69, 9.17) is 25.4 Å². The number of ether oxygens (including phenoxy) is 3. The lowest BCUT2D eigenvalue weighted by molar-refractivity contribution is -0.149. The van der Waals surface area contributed by atoms with Crippen molar-refractivity contribution in [3.05, 3.63) is 64.5 Å². The van der Waals surface area contributed by atoms with Gasteiger partial charge in [-0.05, 0) is 41.8 Å². The number of hydrogen-bond donors (Lipinski definition) is 2. The van der Waals surface area contributed by atoms with Crippen molar-refractivity contribution in [3.8, 4) is 5.75 Å². The van der Waals surface area contributed by atoms with Crippen LogP contribution in [0.1, 0.15) is 26.9 Å². The van der Waals surface area contributed by atoms with Crippen LogP contribution in [0, 0.1) is 5.41 Å². The first-order valence-electron chi connectivity index (χ1n) is 8.23. The molecule has 2 aromatic carbocycles. The lowest BCUT2D eigenvalue weighted by Gasteiger charge is -2.18. The van der Waals surface area contributed by atoms with Crippen LogP contribution >= 0.6 is 11.3 Å². The van der Waals surface area contributed by atoms with Crippen LogP contribution in [0.3, 0.4) is 0 Å². The monoisotopic (exact) mass is 398 g/mol. The zero-order valence-electron chi connectivity index (χ0n) is 15.2. The Morgan fingerprint density at radius 1 is 1.07 bits per heavy atom. The first-order chi connectivity index (χ1) is 13.4. The molecule has 0 aliphatic carbocycles. The fourth-order valence-corrected chi connectivity index (χ4v) is 3.61. The topological polar surface area (TPSA) is 112 Å². The van der Waals surface area contributed by atoms with Crippen molar-refractivity contribution in [3.63, 3.8) is 0 Å². The molecule has 0 radical (unpaired) electrons. The second-order valence-corrected chi connectivity index (χ2v) is 6.95. The van der Waals surface area contributed by atoms with Crippen molar-refractivity contribution in [1.82, 2.24) is 0 Å². The van der Waals surface area contributed by atoms with Gasteiger partial charge in [-0.3, -0.25) is 5.41 Å². The van der Waals surface area contributed by atoms with Crippen LogP contribution in [0.2, 0.25) is 0 Å². The molecule has 0 fully saturated rings. The van der Waals surface area contributed by atoms with Crippen molar-refractivity contribution in [1.29, 1.82) is 5.41 Å². The smallest absolute Gasteiger partial charge is 0.351 e. The highest BCUT2D eigenvalue weighted by atomic mass is 32.1. The van der Waals surface area contributed by atoms with E-state index in [9.17, 15) is 9.59 Å². The maximum absolute atomic E-state index is 12.3. The third-order valence-corrected chi connectivity index (χ3v) is 5.17. The van der Waals surface area contributed by atoms with Crippen LogP contribution in [-0.4, -0.2) is 32.0 Å². The van der Waals surface area contributed by atoms with E-state index in [1.807, 2.05) is 12.1 Å². The molecule has 3 aromatic rings. The molecule has 0 saturated heterocycles. The summed E-state index contributed by atoms with van der Waals surface area (Å²) in [5, 5.41) is 8.48. The quantitative estimate of drug-likeness (QED) is 0.374. The largest absolute Gasteiger partial charge is 0.474 e. The Hall–Kier alpha value is -3.39. The van der Waals surface area contributed by atoms with Crippen molar-refractivity contribution < 1.29 is 23.8 Å². The molecule has 0 saturated carbocycles. The number of nitrogens with one attached hydrogen (secondary N) is 1. The molecule has 8 heteroatoms. The normalized spacial score (nSPS) is 11.6. The summed E-state index contributed by atoms with van der Waals surface area (Å²) in [7, 11) is 2.55. The van der Waals surface area contributed by atoms with Gasteiger partial charge in [0, 0.05) is 10.3 Å². The van der Waals surface area contributed by atoms with E-state index >= 15 is 0 Å². The predicted octanol–water partition coefficient (Wildman–Crippen LogP) is 3.27. The minimum absolute atomic E-state index is 0.00395. The SMILES string of the molecule is COC(=O)c1cccc(C(Oc2ccc3cc(C(=N)N)sc3c2)C(=O)OC)c1. The molecular formula is C20H18N2O5S. The maximum atomic E-state index is 12.3. The number of fused-ring (bicyclic) bond motifs is 1. The second-order valence-electron chi connectivity index (χ2n) is 5.86. The molecule has 0 aliphatic rings. The Bertz CT molecular complexity index is 1060. The fourth-order valence-electron chi connectivity index (χ4n) is 2.66. The van der Waals surface area contributed by atoms with E-state index in [-0.39, 0.29) is 5.84 Å². The molecule has 0 bridgehead atoms. The minimum atomic E-state index is -1.06. The summed E-state index contributed by atoms with van der Waals surface area (Å²) in [5.74, 6) is -0.668. The maximum Gasteiger partial charge on any atom is 0.351 e. The Balaban J connectivity index is 1.95. The number of rotatable bonds is 6. The molecule has 3 rings (SSSR count). The highest BCUT2D eigenvalue weighted by Crippen LogP contribution is 2.31.